The summed E-state index contributed by atoms with van der Waals surface area (Å²) in [5.74, 6) is 0.904. The molecule has 0 aromatic carbocycles. The van der Waals surface area contributed by atoms with Crippen LogP contribution in [0.4, 0.5) is 0 Å². The van der Waals surface area contributed by atoms with Crippen molar-refractivity contribution < 1.29 is 0 Å². The van der Waals surface area contributed by atoms with E-state index in [9.17, 15) is 0 Å². The van der Waals surface area contributed by atoms with Crippen LogP contribution < -0.4 is 5.32 Å². The normalized spacial score (nSPS) is 25.1. The van der Waals surface area contributed by atoms with Crippen LogP contribution in [-0.4, -0.2) is 54.7 Å². The summed E-state index contributed by atoms with van der Waals surface area (Å²) in [4.78, 5) is 4.66. The number of rotatable bonds is 4. The molecule has 4 heteroatoms. The highest BCUT2D eigenvalue weighted by molar-refractivity contribution is 7.80. The molecule has 0 spiro atoms. The van der Waals surface area contributed by atoms with Gasteiger partial charge < -0.3 is 15.1 Å². The Balaban J connectivity index is 1.80. The van der Waals surface area contributed by atoms with E-state index in [2.05, 4.69) is 29.2 Å². The molecule has 1 atom stereocenters. The monoisotopic (exact) mass is 269 g/mol. The van der Waals surface area contributed by atoms with E-state index < -0.39 is 0 Å². The lowest BCUT2D eigenvalue weighted by molar-refractivity contribution is 0.277. The summed E-state index contributed by atoms with van der Waals surface area (Å²) in [5, 5.41) is 4.42. The standard InChI is InChI=1S/C14H27N3S/c1-16(2)11-9-15-14(18)17-10-5-8-13(17)12-6-3-4-7-12/h12-13H,3-11H2,1-2H3,(H,15,18)/t13-/m0/s1. The second-order valence-corrected chi connectivity index (χ2v) is 6.37. The summed E-state index contributed by atoms with van der Waals surface area (Å²) in [6.07, 6.45) is 8.35. The molecule has 1 aliphatic carbocycles. The van der Waals surface area contributed by atoms with Gasteiger partial charge in [-0.25, -0.2) is 0 Å². The van der Waals surface area contributed by atoms with Gasteiger partial charge in [0.1, 0.15) is 0 Å². The number of nitrogens with one attached hydrogen (secondary N) is 1. The zero-order valence-electron chi connectivity index (χ0n) is 11.8. The van der Waals surface area contributed by atoms with Gasteiger partial charge in [-0.15, -0.1) is 0 Å². The molecule has 1 saturated carbocycles. The maximum absolute atomic E-state index is 5.57. The maximum atomic E-state index is 5.57. The second-order valence-electron chi connectivity index (χ2n) is 5.98. The Morgan fingerprint density at radius 2 is 1.94 bits per heavy atom. The summed E-state index contributed by atoms with van der Waals surface area (Å²) >= 11 is 5.57. The van der Waals surface area contributed by atoms with Gasteiger partial charge in [0.05, 0.1) is 0 Å². The van der Waals surface area contributed by atoms with E-state index in [0.717, 1.165) is 36.7 Å². The molecule has 0 radical (unpaired) electrons. The van der Waals surface area contributed by atoms with Gasteiger partial charge in [-0.05, 0) is 57.9 Å². The predicted octanol–water partition coefficient (Wildman–Crippen LogP) is 2.08. The molecular formula is C14H27N3S. The number of likely N-dealkylation sites (N-methyl/N-ethyl adjacent to an activating group) is 1. The van der Waals surface area contributed by atoms with Gasteiger partial charge in [0.25, 0.3) is 0 Å². The fourth-order valence-corrected chi connectivity index (χ4v) is 3.69. The Kier molecular flexibility index (Phi) is 5.25. The van der Waals surface area contributed by atoms with Crippen LogP contribution in [0.25, 0.3) is 0 Å². The molecule has 1 saturated heterocycles. The van der Waals surface area contributed by atoms with Gasteiger partial charge in [-0.2, -0.15) is 0 Å². The number of hydrogen-bond acceptors (Lipinski definition) is 2. The van der Waals surface area contributed by atoms with Crippen LogP contribution in [0.1, 0.15) is 38.5 Å². The van der Waals surface area contributed by atoms with Crippen LogP contribution in [0.2, 0.25) is 0 Å². The van der Waals surface area contributed by atoms with Crippen molar-refractivity contribution in [3.63, 3.8) is 0 Å². The van der Waals surface area contributed by atoms with Crippen LogP contribution >= 0.6 is 12.2 Å². The largest absolute Gasteiger partial charge is 0.361 e. The summed E-state index contributed by atoms with van der Waals surface area (Å²) in [6.45, 7) is 3.16. The minimum atomic E-state index is 0.729. The number of nitrogens with zero attached hydrogens (tertiary/aromatic N) is 2. The number of hydrogen-bond donors (Lipinski definition) is 1. The first-order valence-electron chi connectivity index (χ1n) is 7.37. The first kappa shape index (κ1) is 14.1. The third-order valence-corrected chi connectivity index (χ3v) is 4.72. The quantitative estimate of drug-likeness (QED) is 0.787. The van der Waals surface area contributed by atoms with E-state index in [1.54, 1.807) is 0 Å². The van der Waals surface area contributed by atoms with Crippen molar-refractivity contribution in [2.75, 3.05) is 33.7 Å². The molecule has 0 aromatic heterocycles. The molecule has 0 bridgehead atoms. The van der Waals surface area contributed by atoms with E-state index in [1.165, 1.54) is 38.5 Å². The van der Waals surface area contributed by atoms with Crippen LogP contribution in [0, 0.1) is 5.92 Å². The van der Waals surface area contributed by atoms with Crippen molar-refractivity contribution in [2.45, 2.75) is 44.6 Å². The zero-order chi connectivity index (χ0) is 13.0. The summed E-state index contributed by atoms with van der Waals surface area (Å²) in [7, 11) is 4.20. The van der Waals surface area contributed by atoms with Gasteiger partial charge in [-0.3, -0.25) is 0 Å². The van der Waals surface area contributed by atoms with Crippen LogP contribution in [-0.2, 0) is 0 Å². The van der Waals surface area contributed by atoms with E-state index in [0.29, 0.717) is 0 Å². The molecule has 1 N–H and O–H groups in total. The average Bonchev–Trinajstić information content (AvgIpc) is 2.99. The van der Waals surface area contributed by atoms with Gasteiger partial charge in [0, 0.05) is 25.7 Å². The first-order chi connectivity index (χ1) is 8.68. The molecule has 2 aliphatic rings. The summed E-state index contributed by atoms with van der Waals surface area (Å²) < 4.78 is 0. The van der Waals surface area contributed by atoms with Crippen LogP contribution in [0.5, 0.6) is 0 Å². The fraction of sp³-hybridized carbons (Fsp3) is 0.929. The minimum Gasteiger partial charge on any atom is -0.361 e. The number of likely N-dealkylation sites (tertiary alicyclic amines) is 1. The molecule has 18 heavy (non-hydrogen) atoms. The lowest BCUT2D eigenvalue weighted by Crippen LogP contribution is -2.46. The topological polar surface area (TPSA) is 18.5 Å². The van der Waals surface area contributed by atoms with E-state index in [-0.39, 0.29) is 0 Å². The van der Waals surface area contributed by atoms with Gasteiger partial charge in [0.2, 0.25) is 0 Å². The highest BCUT2D eigenvalue weighted by Gasteiger charge is 2.34. The van der Waals surface area contributed by atoms with Crippen molar-refractivity contribution in [1.29, 1.82) is 0 Å². The van der Waals surface area contributed by atoms with Crippen molar-refractivity contribution in [2.24, 2.45) is 5.92 Å². The van der Waals surface area contributed by atoms with Crippen molar-refractivity contribution in [1.82, 2.24) is 15.1 Å². The molecule has 0 amide bonds. The van der Waals surface area contributed by atoms with E-state index >= 15 is 0 Å². The molecule has 104 valence electrons. The highest BCUT2D eigenvalue weighted by atomic mass is 32.1. The Bertz CT molecular complexity index is 274. The van der Waals surface area contributed by atoms with E-state index in [4.69, 9.17) is 12.2 Å². The predicted molar refractivity (Wildman–Crippen MR) is 80.8 cm³/mol. The smallest absolute Gasteiger partial charge is 0.169 e. The SMILES string of the molecule is CN(C)CCNC(=S)N1CCC[C@H]1C1CCCC1. The summed E-state index contributed by atoms with van der Waals surface area (Å²) in [5.41, 5.74) is 0. The molecule has 1 aliphatic heterocycles. The van der Waals surface area contributed by atoms with Gasteiger partial charge in [0.15, 0.2) is 5.11 Å². The maximum Gasteiger partial charge on any atom is 0.169 e. The fourth-order valence-electron chi connectivity index (χ4n) is 3.36. The summed E-state index contributed by atoms with van der Waals surface area (Å²) in [6, 6.07) is 0.729. The Morgan fingerprint density at radius 1 is 1.22 bits per heavy atom. The van der Waals surface area contributed by atoms with Crippen LogP contribution in [0.3, 0.4) is 0 Å². The third-order valence-electron chi connectivity index (χ3n) is 4.34. The lowest BCUT2D eigenvalue weighted by atomic mass is 9.96. The van der Waals surface area contributed by atoms with Crippen molar-refractivity contribution in [3.8, 4) is 0 Å². The average molecular weight is 269 g/mol. The van der Waals surface area contributed by atoms with E-state index in [1.807, 2.05) is 0 Å². The zero-order valence-corrected chi connectivity index (χ0v) is 12.6. The van der Waals surface area contributed by atoms with Gasteiger partial charge >= 0.3 is 0 Å². The van der Waals surface area contributed by atoms with Gasteiger partial charge in [-0.1, -0.05) is 12.8 Å². The van der Waals surface area contributed by atoms with Crippen molar-refractivity contribution >= 4 is 17.3 Å². The third kappa shape index (κ3) is 3.58. The highest BCUT2D eigenvalue weighted by Crippen LogP contribution is 2.35. The minimum absolute atomic E-state index is 0.729. The Labute approximate surface area is 117 Å². The molecule has 0 aromatic rings. The first-order valence-corrected chi connectivity index (χ1v) is 7.78. The second kappa shape index (κ2) is 6.71. The number of thiocarbonyl (C=S) groups is 1. The Morgan fingerprint density at radius 3 is 2.61 bits per heavy atom. The Hall–Kier alpha value is -0.350. The molecule has 2 rings (SSSR count). The molecule has 1 heterocycles. The molecule has 0 unspecified atom stereocenters. The van der Waals surface area contributed by atoms with Crippen LogP contribution in [0.15, 0.2) is 0 Å². The molecule has 3 nitrogen and oxygen atoms in total. The molecule has 2 fully saturated rings. The van der Waals surface area contributed by atoms with Crippen molar-refractivity contribution in [3.05, 3.63) is 0 Å². The lowest BCUT2D eigenvalue weighted by Gasteiger charge is -2.32. The molecular weight excluding hydrogens is 242 g/mol.